The number of hydrogen-bond donors (Lipinski definition) is 2. The largest absolute Gasteiger partial charge is 0.396 e. The highest BCUT2D eigenvalue weighted by Gasteiger charge is 2.32. The van der Waals surface area contributed by atoms with E-state index in [4.69, 9.17) is 0 Å². The van der Waals surface area contributed by atoms with Crippen molar-refractivity contribution < 1.29 is 9.90 Å². The van der Waals surface area contributed by atoms with Crippen LogP contribution in [0.1, 0.15) is 41.4 Å². The van der Waals surface area contributed by atoms with Crippen molar-refractivity contribution in [3.63, 3.8) is 0 Å². The summed E-state index contributed by atoms with van der Waals surface area (Å²) in [7, 11) is 0. The van der Waals surface area contributed by atoms with Gasteiger partial charge in [-0.1, -0.05) is 26.0 Å². The van der Waals surface area contributed by atoms with Crippen LogP contribution in [0.2, 0.25) is 0 Å². The van der Waals surface area contributed by atoms with Gasteiger partial charge in [0.2, 0.25) is 0 Å². The third kappa shape index (κ3) is 3.42. The van der Waals surface area contributed by atoms with Gasteiger partial charge in [-0.3, -0.25) is 9.78 Å². The zero-order valence-corrected chi connectivity index (χ0v) is 14.7. The fourth-order valence-electron chi connectivity index (χ4n) is 2.99. The van der Waals surface area contributed by atoms with E-state index >= 15 is 0 Å². The molecule has 0 aliphatic heterocycles. The predicted molar refractivity (Wildman–Crippen MR) is 97.4 cm³/mol. The molecule has 5 heteroatoms. The molecule has 0 bridgehead atoms. The molecule has 0 saturated heterocycles. The van der Waals surface area contributed by atoms with Gasteiger partial charge in [0.1, 0.15) is 0 Å². The second kappa shape index (κ2) is 6.69. The number of aliphatic hydroxyl groups excluding tert-OH is 1. The minimum atomic E-state index is -0.520. The first-order valence-electron chi connectivity index (χ1n) is 8.31. The number of amides is 1. The van der Waals surface area contributed by atoms with Crippen LogP contribution in [0.15, 0.2) is 55.1 Å². The van der Waals surface area contributed by atoms with Crippen LogP contribution in [0.3, 0.4) is 0 Å². The Bertz CT molecular complexity index is 884. The first-order chi connectivity index (χ1) is 11.9. The van der Waals surface area contributed by atoms with Gasteiger partial charge in [-0.05, 0) is 36.2 Å². The number of rotatable bonds is 5. The molecule has 3 aromatic heterocycles. The Kier molecular flexibility index (Phi) is 4.59. The van der Waals surface area contributed by atoms with E-state index in [1.54, 1.807) is 12.4 Å². The van der Waals surface area contributed by atoms with Crippen LogP contribution in [0.5, 0.6) is 0 Å². The van der Waals surface area contributed by atoms with E-state index < -0.39 is 5.41 Å². The maximum Gasteiger partial charge on any atom is 0.253 e. The number of carbonyl (C=O) groups excluding carboxylic acids is 1. The summed E-state index contributed by atoms with van der Waals surface area (Å²) < 4.78 is 1.94. The van der Waals surface area contributed by atoms with Crippen molar-refractivity contribution in [3.05, 3.63) is 71.8 Å². The molecular formula is C20H23N3O2. The number of pyridine rings is 2. The topological polar surface area (TPSA) is 66.6 Å². The van der Waals surface area contributed by atoms with Crippen molar-refractivity contribution in [2.24, 2.45) is 5.41 Å². The van der Waals surface area contributed by atoms with Gasteiger partial charge in [-0.2, -0.15) is 0 Å². The van der Waals surface area contributed by atoms with Crippen LogP contribution in [0.4, 0.5) is 0 Å². The summed E-state index contributed by atoms with van der Waals surface area (Å²) in [6.45, 7) is 5.81. The first kappa shape index (κ1) is 17.2. The van der Waals surface area contributed by atoms with Gasteiger partial charge in [0.15, 0.2) is 0 Å². The first-order valence-corrected chi connectivity index (χ1v) is 8.31. The predicted octanol–water partition coefficient (Wildman–Crippen LogP) is 3.13. The van der Waals surface area contributed by atoms with Crippen LogP contribution in [-0.4, -0.2) is 27.0 Å². The highest BCUT2D eigenvalue weighted by Crippen LogP contribution is 2.33. The summed E-state index contributed by atoms with van der Waals surface area (Å²) in [6.07, 6.45) is 7.17. The molecular weight excluding hydrogens is 314 g/mol. The van der Waals surface area contributed by atoms with E-state index in [2.05, 4.69) is 10.3 Å². The molecule has 0 saturated carbocycles. The second-order valence-corrected chi connectivity index (χ2v) is 7.05. The van der Waals surface area contributed by atoms with Gasteiger partial charge >= 0.3 is 0 Å². The third-order valence-electron chi connectivity index (χ3n) is 4.59. The maximum atomic E-state index is 12.8. The number of nitrogens with one attached hydrogen (secondary N) is 1. The van der Waals surface area contributed by atoms with Gasteiger partial charge in [0, 0.05) is 35.7 Å². The van der Waals surface area contributed by atoms with Crippen LogP contribution in [0.25, 0.3) is 5.52 Å². The molecule has 1 atom stereocenters. The van der Waals surface area contributed by atoms with E-state index in [-0.39, 0.29) is 18.6 Å². The molecule has 0 aliphatic rings. The third-order valence-corrected chi connectivity index (χ3v) is 4.59. The maximum absolute atomic E-state index is 12.8. The number of nitrogens with zero attached hydrogens (tertiary/aromatic N) is 2. The van der Waals surface area contributed by atoms with Gasteiger partial charge < -0.3 is 14.8 Å². The zero-order chi connectivity index (χ0) is 18.0. The van der Waals surface area contributed by atoms with Crippen LogP contribution >= 0.6 is 0 Å². The van der Waals surface area contributed by atoms with Crippen molar-refractivity contribution in [1.82, 2.24) is 14.7 Å². The fraction of sp³-hybridized carbons (Fsp3) is 0.300. The van der Waals surface area contributed by atoms with Crippen molar-refractivity contribution in [1.29, 1.82) is 0 Å². The zero-order valence-electron chi connectivity index (χ0n) is 14.7. The Hall–Kier alpha value is -2.66. The lowest BCUT2D eigenvalue weighted by atomic mass is 9.81. The number of hydrogen-bond acceptors (Lipinski definition) is 3. The van der Waals surface area contributed by atoms with Gasteiger partial charge in [0.25, 0.3) is 5.91 Å². The number of fused-ring (bicyclic) bond motifs is 1. The van der Waals surface area contributed by atoms with Crippen LogP contribution < -0.4 is 5.32 Å². The molecule has 1 unspecified atom stereocenters. The van der Waals surface area contributed by atoms with Crippen LogP contribution in [0, 0.1) is 12.3 Å². The van der Waals surface area contributed by atoms with Crippen molar-refractivity contribution in [2.75, 3.05) is 6.61 Å². The van der Waals surface area contributed by atoms with Crippen LogP contribution in [-0.2, 0) is 0 Å². The second-order valence-electron chi connectivity index (χ2n) is 7.05. The highest BCUT2D eigenvalue weighted by molar-refractivity contribution is 5.96. The normalized spacial score (nSPS) is 13.0. The lowest BCUT2D eigenvalue weighted by Gasteiger charge is -2.33. The number of carbonyl (C=O) groups is 1. The quantitative estimate of drug-likeness (QED) is 0.752. The Balaban J connectivity index is 1.93. The van der Waals surface area contributed by atoms with Gasteiger partial charge in [0.05, 0.1) is 18.2 Å². The molecule has 2 N–H and O–H groups in total. The summed E-state index contributed by atoms with van der Waals surface area (Å²) in [5, 5.41) is 12.9. The molecule has 0 aromatic carbocycles. The smallest absolute Gasteiger partial charge is 0.253 e. The Morgan fingerprint density at radius 1 is 1.36 bits per heavy atom. The summed E-state index contributed by atoms with van der Waals surface area (Å²) in [4.78, 5) is 17.0. The summed E-state index contributed by atoms with van der Waals surface area (Å²) >= 11 is 0. The molecule has 3 heterocycles. The molecule has 3 rings (SSSR count). The molecule has 0 fully saturated rings. The minimum Gasteiger partial charge on any atom is -0.396 e. The Morgan fingerprint density at radius 2 is 2.16 bits per heavy atom. The Morgan fingerprint density at radius 3 is 2.80 bits per heavy atom. The molecule has 0 aliphatic carbocycles. The number of aliphatic hydroxyl groups is 1. The SMILES string of the molecule is Cc1cccn2cc(C(=O)NC(c3cccnc3)C(C)(C)CO)cc12. The number of aryl methyl sites for hydroxylation is 1. The Labute approximate surface area is 147 Å². The molecule has 5 nitrogen and oxygen atoms in total. The molecule has 0 spiro atoms. The fourth-order valence-corrected chi connectivity index (χ4v) is 2.99. The average molecular weight is 337 g/mol. The number of aromatic nitrogens is 2. The standard InChI is InChI=1S/C20H23N3O2/c1-14-6-5-9-23-12-16(10-17(14)23)19(25)22-18(20(2,3)13-24)15-7-4-8-21-11-15/h4-12,18,24H,13H2,1-3H3,(H,22,25). The van der Waals surface area contributed by atoms with Crippen molar-refractivity contribution in [2.45, 2.75) is 26.8 Å². The lowest BCUT2D eigenvalue weighted by molar-refractivity contribution is 0.0808. The molecule has 0 radical (unpaired) electrons. The van der Waals surface area contributed by atoms with Gasteiger partial charge in [-0.15, -0.1) is 0 Å². The molecule has 3 aromatic rings. The summed E-state index contributed by atoms with van der Waals surface area (Å²) in [5.74, 6) is -0.168. The molecule has 130 valence electrons. The summed E-state index contributed by atoms with van der Waals surface area (Å²) in [5.41, 5.74) is 3.06. The van der Waals surface area contributed by atoms with E-state index in [9.17, 15) is 9.90 Å². The van der Waals surface area contributed by atoms with Gasteiger partial charge in [-0.25, -0.2) is 0 Å². The highest BCUT2D eigenvalue weighted by atomic mass is 16.3. The van der Waals surface area contributed by atoms with Crippen molar-refractivity contribution >= 4 is 11.4 Å². The van der Waals surface area contributed by atoms with E-state index in [1.165, 1.54) is 0 Å². The minimum absolute atomic E-state index is 0.0519. The van der Waals surface area contributed by atoms with E-state index in [0.717, 1.165) is 16.6 Å². The summed E-state index contributed by atoms with van der Waals surface area (Å²) in [6, 6.07) is 9.26. The average Bonchev–Trinajstić information content (AvgIpc) is 3.06. The van der Waals surface area contributed by atoms with E-state index in [1.807, 2.05) is 67.9 Å². The van der Waals surface area contributed by atoms with E-state index in [0.29, 0.717) is 5.56 Å². The molecule has 1 amide bonds. The molecule has 25 heavy (non-hydrogen) atoms. The van der Waals surface area contributed by atoms with Crippen molar-refractivity contribution in [3.8, 4) is 0 Å². The monoisotopic (exact) mass is 337 g/mol. The lowest BCUT2D eigenvalue weighted by Crippen LogP contribution is -2.40.